The van der Waals surface area contributed by atoms with Gasteiger partial charge in [-0.15, -0.1) is 0 Å². The lowest BCUT2D eigenvalue weighted by Gasteiger charge is -2.06. The van der Waals surface area contributed by atoms with Gasteiger partial charge < -0.3 is 9.84 Å². The third-order valence-corrected chi connectivity index (χ3v) is 2.45. The highest BCUT2D eigenvalue weighted by atomic mass is 16.5. The first-order valence-electron chi connectivity index (χ1n) is 5.22. The lowest BCUT2D eigenvalue weighted by Crippen LogP contribution is -1.98. The van der Waals surface area contributed by atoms with Gasteiger partial charge in [-0.25, -0.2) is 4.79 Å². The minimum absolute atomic E-state index is 0.284. The van der Waals surface area contributed by atoms with Crippen LogP contribution in [0.3, 0.4) is 0 Å². The maximum Gasteiger partial charge on any atom is 0.336 e. The summed E-state index contributed by atoms with van der Waals surface area (Å²) in [6.45, 7) is 3.97. The van der Waals surface area contributed by atoms with E-state index in [9.17, 15) is 4.79 Å². The third-order valence-electron chi connectivity index (χ3n) is 2.45. The largest absolute Gasteiger partial charge is 0.490 e. The number of carboxylic acid groups (broad SMARTS) is 1. The Hall–Kier alpha value is -2.29. The molecule has 86 valence electrons. The predicted molar refractivity (Wildman–Crippen MR) is 66.6 cm³/mol. The Morgan fingerprint density at radius 2 is 2.18 bits per heavy atom. The molecule has 0 aromatic heterocycles. The molecule has 0 saturated heterocycles. The number of rotatable bonds is 4. The number of hydrogen-bond acceptors (Lipinski definition) is 2. The Balaban J connectivity index is 2.53. The molecule has 2 aromatic rings. The van der Waals surface area contributed by atoms with E-state index in [2.05, 4.69) is 6.58 Å². The van der Waals surface area contributed by atoms with Crippen molar-refractivity contribution in [2.45, 2.75) is 0 Å². The second-order valence-electron chi connectivity index (χ2n) is 3.59. The lowest BCUT2D eigenvalue weighted by molar-refractivity contribution is 0.0699. The van der Waals surface area contributed by atoms with Gasteiger partial charge >= 0.3 is 5.97 Å². The van der Waals surface area contributed by atoms with Crippen LogP contribution in [0.4, 0.5) is 0 Å². The molecule has 0 bridgehead atoms. The topological polar surface area (TPSA) is 46.5 Å². The monoisotopic (exact) mass is 228 g/mol. The molecule has 2 aromatic carbocycles. The van der Waals surface area contributed by atoms with Crippen molar-refractivity contribution < 1.29 is 14.6 Å². The predicted octanol–water partition coefficient (Wildman–Crippen LogP) is 3.10. The summed E-state index contributed by atoms with van der Waals surface area (Å²) in [5.74, 6) is -0.289. The summed E-state index contributed by atoms with van der Waals surface area (Å²) in [6.07, 6.45) is 1.65. The van der Waals surface area contributed by atoms with Gasteiger partial charge in [0.25, 0.3) is 0 Å². The van der Waals surface area contributed by atoms with E-state index in [1.807, 2.05) is 18.2 Å². The first kappa shape index (κ1) is 11.2. The molecule has 0 spiro atoms. The van der Waals surface area contributed by atoms with E-state index in [1.165, 1.54) is 0 Å². The van der Waals surface area contributed by atoms with Crippen molar-refractivity contribution in [3.8, 4) is 5.75 Å². The van der Waals surface area contributed by atoms with Crippen molar-refractivity contribution in [3.05, 3.63) is 54.6 Å². The van der Waals surface area contributed by atoms with Crippen LogP contribution < -0.4 is 4.74 Å². The first-order valence-corrected chi connectivity index (χ1v) is 5.22. The number of benzene rings is 2. The van der Waals surface area contributed by atoms with Gasteiger partial charge in [0.05, 0.1) is 5.56 Å². The number of fused-ring (bicyclic) bond motifs is 1. The summed E-state index contributed by atoms with van der Waals surface area (Å²) in [6, 6.07) is 10.6. The Kier molecular flexibility index (Phi) is 3.10. The molecule has 0 fully saturated rings. The second kappa shape index (κ2) is 4.70. The summed E-state index contributed by atoms with van der Waals surface area (Å²) in [7, 11) is 0. The molecule has 0 aliphatic heterocycles. The Morgan fingerprint density at radius 1 is 1.35 bits per heavy atom. The van der Waals surface area contributed by atoms with Crippen LogP contribution in [0.15, 0.2) is 49.1 Å². The molecule has 0 radical (unpaired) electrons. The molecule has 3 heteroatoms. The zero-order valence-corrected chi connectivity index (χ0v) is 9.22. The quantitative estimate of drug-likeness (QED) is 0.818. The molecule has 0 aliphatic carbocycles. The standard InChI is InChI=1S/C14H12O3/c1-2-8-17-11-7-6-10-4-3-5-12(14(15)16)13(10)9-11/h2-7,9H,1,8H2,(H,15,16). The molecular formula is C14H12O3. The Morgan fingerprint density at radius 3 is 2.88 bits per heavy atom. The number of aromatic carboxylic acids is 1. The molecule has 3 nitrogen and oxygen atoms in total. The molecular weight excluding hydrogens is 216 g/mol. The number of carboxylic acids is 1. The second-order valence-corrected chi connectivity index (χ2v) is 3.59. The van der Waals surface area contributed by atoms with Crippen molar-refractivity contribution in [2.75, 3.05) is 6.61 Å². The summed E-state index contributed by atoms with van der Waals surface area (Å²) in [5, 5.41) is 10.7. The van der Waals surface area contributed by atoms with Crippen molar-refractivity contribution in [2.24, 2.45) is 0 Å². The highest BCUT2D eigenvalue weighted by molar-refractivity contribution is 6.04. The molecule has 0 atom stereocenters. The summed E-state index contributed by atoms with van der Waals surface area (Å²) >= 11 is 0. The van der Waals surface area contributed by atoms with Gasteiger partial charge in [0.15, 0.2) is 0 Å². The van der Waals surface area contributed by atoms with Crippen LogP contribution in [0.2, 0.25) is 0 Å². The van der Waals surface area contributed by atoms with Crippen molar-refractivity contribution in [1.82, 2.24) is 0 Å². The third kappa shape index (κ3) is 2.28. The Labute approximate surface area is 99.0 Å². The van der Waals surface area contributed by atoms with Crippen LogP contribution in [0, 0.1) is 0 Å². The molecule has 2 rings (SSSR count). The fourth-order valence-electron chi connectivity index (χ4n) is 1.68. The fourth-order valence-corrected chi connectivity index (χ4v) is 1.68. The molecule has 0 heterocycles. The van der Waals surface area contributed by atoms with Crippen LogP contribution in [-0.2, 0) is 0 Å². The zero-order chi connectivity index (χ0) is 12.3. The molecule has 1 N–H and O–H groups in total. The van der Waals surface area contributed by atoms with Crippen molar-refractivity contribution in [1.29, 1.82) is 0 Å². The van der Waals surface area contributed by atoms with E-state index in [-0.39, 0.29) is 5.56 Å². The van der Waals surface area contributed by atoms with Crippen molar-refractivity contribution >= 4 is 16.7 Å². The van der Waals surface area contributed by atoms with E-state index in [4.69, 9.17) is 9.84 Å². The normalized spacial score (nSPS) is 10.1. The van der Waals surface area contributed by atoms with Crippen molar-refractivity contribution in [3.63, 3.8) is 0 Å². The maximum absolute atomic E-state index is 11.1. The van der Waals surface area contributed by atoms with Gasteiger partial charge in [-0.1, -0.05) is 30.9 Å². The summed E-state index contributed by atoms with van der Waals surface area (Å²) < 4.78 is 5.39. The van der Waals surface area contributed by atoms with Crippen LogP contribution in [0.5, 0.6) is 5.75 Å². The van der Waals surface area contributed by atoms with E-state index in [0.29, 0.717) is 17.7 Å². The van der Waals surface area contributed by atoms with E-state index in [1.54, 1.807) is 24.3 Å². The highest BCUT2D eigenvalue weighted by Gasteiger charge is 2.08. The van der Waals surface area contributed by atoms with E-state index in [0.717, 1.165) is 5.39 Å². The highest BCUT2D eigenvalue weighted by Crippen LogP contribution is 2.24. The molecule has 17 heavy (non-hydrogen) atoms. The Bertz CT molecular complexity index is 573. The van der Waals surface area contributed by atoms with Gasteiger partial charge in [0.1, 0.15) is 12.4 Å². The first-order chi connectivity index (χ1) is 8.22. The lowest BCUT2D eigenvalue weighted by atomic mass is 10.0. The number of hydrogen-bond donors (Lipinski definition) is 1. The van der Waals surface area contributed by atoms with Crippen LogP contribution in [-0.4, -0.2) is 17.7 Å². The van der Waals surface area contributed by atoms with Gasteiger partial charge in [-0.2, -0.15) is 0 Å². The smallest absolute Gasteiger partial charge is 0.336 e. The van der Waals surface area contributed by atoms with Gasteiger partial charge in [0, 0.05) is 0 Å². The average molecular weight is 228 g/mol. The summed E-state index contributed by atoms with van der Waals surface area (Å²) in [5.41, 5.74) is 0.284. The minimum atomic E-state index is -0.934. The van der Waals surface area contributed by atoms with Gasteiger partial charge in [-0.3, -0.25) is 0 Å². The van der Waals surface area contributed by atoms with Crippen LogP contribution in [0.25, 0.3) is 10.8 Å². The molecule has 0 amide bonds. The maximum atomic E-state index is 11.1. The van der Waals surface area contributed by atoms with E-state index >= 15 is 0 Å². The van der Waals surface area contributed by atoms with E-state index < -0.39 is 5.97 Å². The molecule has 0 unspecified atom stereocenters. The number of ether oxygens (including phenoxy) is 1. The van der Waals surface area contributed by atoms with Gasteiger partial charge in [0.2, 0.25) is 0 Å². The fraction of sp³-hybridized carbons (Fsp3) is 0.0714. The van der Waals surface area contributed by atoms with Crippen LogP contribution >= 0.6 is 0 Å². The SMILES string of the molecule is C=CCOc1ccc2cccc(C(=O)O)c2c1. The van der Waals surface area contributed by atoms with Gasteiger partial charge in [-0.05, 0) is 29.0 Å². The average Bonchev–Trinajstić information content (AvgIpc) is 2.35. The minimum Gasteiger partial charge on any atom is -0.490 e. The molecule has 0 aliphatic rings. The summed E-state index contributed by atoms with van der Waals surface area (Å²) in [4.78, 5) is 11.1. The van der Waals surface area contributed by atoms with Crippen LogP contribution in [0.1, 0.15) is 10.4 Å². The zero-order valence-electron chi connectivity index (χ0n) is 9.22. The molecule has 0 saturated carbocycles. The number of carbonyl (C=O) groups is 1.